The minimum atomic E-state index is 0.757. The fraction of sp³-hybridized carbons (Fsp3) is 0.464. The molecule has 3 aliphatic rings. The van der Waals surface area contributed by atoms with Crippen molar-refractivity contribution in [1.82, 2.24) is 9.88 Å². The topological polar surface area (TPSA) is 28.6 Å². The van der Waals surface area contributed by atoms with Gasteiger partial charge < -0.3 is 9.64 Å². The number of benzene rings is 2. The summed E-state index contributed by atoms with van der Waals surface area (Å²) in [4.78, 5) is 11.5. The first-order valence-corrected chi connectivity index (χ1v) is 13.4. The summed E-state index contributed by atoms with van der Waals surface area (Å²) in [5.41, 5.74) is 3.92. The highest BCUT2D eigenvalue weighted by Crippen LogP contribution is 2.47. The molecule has 2 aromatic carbocycles. The molecule has 0 spiro atoms. The molecule has 2 fully saturated rings. The Morgan fingerprint density at radius 2 is 1.76 bits per heavy atom. The van der Waals surface area contributed by atoms with E-state index in [4.69, 9.17) is 9.72 Å². The van der Waals surface area contributed by atoms with Gasteiger partial charge in [0.1, 0.15) is 5.75 Å². The Kier molecular flexibility index (Phi) is 5.93. The van der Waals surface area contributed by atoms with Gasteiger partial charge in [0, 0.05) is 60.5 Å². The van der Waals surface area contributed by atoms with Crippen LogP contribution in [0.5, 0.6) is 5.75 Å². The van der Waals surface area contributed by atoms with E-state index in [1.165, 1.54) is 42.0 Å². The van der Waals surface area contributed by atoms with Crippen molar-refractivity contribution in [3.63, 3.8) is 0 Å². The molecule has 2 aliphatic heterocycles. The molecule has 1 aromatic heterocycles. The fourth-order valence-corrected chi connectivity index (χ4v) is 7.65. The predicted octanol–water partition coefficient (Wildman–Crippen LogP) is 5.81. The molecule has 3 aromatic rings. The number of methoxy groups -OCH3 is 1. The van der Waals surface area contributed by atoms with E-state index >= 15 is 0 Å². The Morgan fingerprint density at radius 3 is 2.58 bits per heavy atom. The maximum absolute atomic E-state index is 5.58. The SMILES string of the molecule is COc1cc(N2CCN([C@H]3CC[C@@H](C4CSc5ccccc54)CC3)CC2)c2ncccc2c1. The van der Waals surface area contributed by atoms with Crippen LogP contribution < -0.4 is 9.64 Å². The number of hydrogen-bond acceptors (Lipinski definition) is 5. The van der Waals surface area contributed by atoms with Gasteiger partial charge in [0.05, 0.1) is 18.3 Å². The largest absolute Gasteiger partial charge is 0.497 e. The van der Waals surface area contributed by atoms with Gasteiger partial charge in [0.25, 0.3) is 0 Å². The quantitative estimate of drug-likeness (QED) is 0.491. The summed E-state index contributed by atoms with van der Waals surface area (Å²) in [6.07, 6.45) is 7.38. The van der Waals surface area contributed by atoms with Crippen LogP contribution in [-0.4, -0.2) is 55.0 Å². The molecule has 3 heterocycles. The lowest BCUT2D eigenvalue weighted by Gasteiger charge is -2.43. The highest BCUT2D eigenvalue weighted by atomic mass is 32.2. The Bertz CT molecular complexity index is 1120. The van der Waals surface area contributed by atoms with Gasteiger partial charge in [-0.05, 0) is 61.3 Å². The van der Waals surface area contributed by atoms with E-state index in [1.54, 1.807) is 12.7 Å². The number of thioether (sulfide) groups is 1. The Balaban J connectivity index is 1.08. The van der Waals surface area contributed by atoms with Gasteiger partial charge in [0.15, 0.2) is 0 Å². The molecule has 4 nitrogen and oxygen atoms in total. The molecular formula is C28H33N3OS. The van der Waals surface area contributed by atoms with Crippen LogP contribution in [0.15, 0.2) is 59.6 Å². The summed E-state index contributed by atoms with van der Waals surface area (Å²) in [5, 5.41) is 1.15. The molecule has 33 heavy (non-hydrogen) atoms. The number of nitrogens with zero attached hydrogens (tertiary/aromatic N) is 3. The molecule has 5 heteroatoms. The van der Waals surface area contributed by atoms with E-state index in [0.717, 1.165) is 60.7 Å². The molecule has 0 N–H and O–H groups in total. The molecule has 1 aliphatic carbocycles. The highest BCUT2D eigenvalue weighted by molar-refractivity contribution is 7.99. The van der Waals surface area contributed by atoms with E-state index < -0.39 is 0 Å². The molecule has 0 bridgehead atoms. The molecule has 1 unspecified atom stereocenters. The maximum atomic E-state index is 5.58. The average Bonchev–Trinajstić information content (AvgIpc) is 3.32. The van der Waals surface area contributed by atoms with Crippen molar-refractivity contribution in [3.8, 4) is 5.75 Å². The third-order valence-corrected chi connectivity index (χ3v) is 9.32. The van der Waals surface area contributed by atoms with Crippen molar-refractivity contribution in [2.24, 2.45) is 5.92 Å². The van der Waals surface area contributed by atoms with Crippen LogP contribution >= 0.6 is 11.8 Å². The maximum Gasteiger partial charge on any atom is 0.121 e. The van der Waals surface area contributed by atoms with Gasteiger partial charge in [-0.3, -0.25) is 9.88 Å². The lowest BCUT2D eigenvalue weighted by molar-refractivity contribution is 0.124. The van der Waals surface area contributed by atoms with Crippen LogP contribution in [-0.2, 0) is 0 Å². The average molecular weight is 460 g/mol. The van der Waals surface area contributed by atoms with Gasteiger partial charge in [-0.15, -0.1) is 11.8 Å². The van der Waals surface area contributed by atoms with Crippen LogP contribution in [0, 0.1) is 5.92 Å². The third kappa shape index (κ3) is 4.10. The number of rotatable bonds is 4. The first-order chi connectivity index (χ1) is 16.3. The zero-order valence-electron chi connectivity index (χ0n) is 19.5. The second-order valence-corrected chi connectivity index (χ2v) is 10.8. The number of fused-ring (bicyclic) bond motifs is 2. The minimum Gasteiger partial charge on any atom is -0.497 e. The number of pyridine rings is 1. The predicted molar refractivity (Wildman–Crippen MR) is 138 cm³/mol. The molecule has 1 atom stereocenters. The Morgan fingerprint density at radius 1 is 0.939 bits per heavy atom. The minimum absolute atomic E-state index is 0.757. The number of piperazine rings is 1. The van der Waals surface area contributed by atoms with Crippen molar-refractivity contribution in [2.45, 2.75) is 42.5 Å². The van der Waals surface area contributed by atoms with E-state index in [0.29, 0.717) is 0 Å². The third-order valence-electron chi connectivity index (χ3n) is 8.11. The molecule has 172 valence electrons. The summed E-state index contributed by atoms with van der Waals surface area (Å²) < 4.78 is 5.58. The van der Waals surface area contributed by atoms with Gasteiger partial charge in [0.2, 0.25) is 0 Å². The van der Waals surface area contributed by atoms with Gasteiger partial charge in [-0.2, -0.15) is 0 Å². The zero-order valence-corrected chi connectivity index (χ0v) is 20.3. The normalized spacial score (nSPS) is 25.8. The first-order valence-electron chi connectivity index (χ1n) is 12.4. The van der Waals surface area contributed by atoms with Crippen molar-refractivity contribution in [1.29, 1.82) is 0 Å². The van der Waals surface area contributed by atoms with Crippen LogP contribution in [0.25, 0.3) is 10.9 Å². The molecule has 0 amide bonds. The highest BCUT2D eigenvalue weighted by Gasteiger charge is 2.35. The van der Waals surface area contributed by atoms with Crippen molar-refractivity contribution in [2.75, 3.05) is 43.9 Å². The second-order valence-electron chi connectivity index (χ2n) is 9.77. The van der Waals surface area contributed by atoms with Crippen LogP contribution in [0.4, 0.5) is 5.69 Å². The number of aromatic nitrogens is 1. The standard InChI is InChI=1S/C28H33N3OS/c1-32-23-17-21-5-4-12-29-28(21)26(18-23)31-15-13-30(14-16-31)22-10-8-20(9-11-22)25-19-33-27-7-3-2-6-24(25)27/h2-7,12,17-18,20,22,25H,8-11,13-16,19H2,1H3/t20-,22+,25?. The van der Waals surface area contributed by atoms with E-state index in [2.05, 4.69) is 64.0 Å². The van der Waals surface area contributed by atoms with E-state index in [-0.39, 0.29) is 0 Å². The number of hydrogen-bond donors (Lipinski definition) is 0. The lowest BCUT2D eigenvalue weighted by atomic mass is 9.76. The van der Waals surface area contributed by atoms with Crippen LogP contribution in [0.3, 0.4) is 0 Å². The number of anilines is 1. The summed E-state index contributed by atoms with van der Waals surface area (Å²) in [5.74, 6) is 3.85. The summed E-state index contributed by atoms with van der Waals surface area (Å²) >= 11 is 2.07. The van der Waals surface area contributed by atoms with Crippen molar-refractivity contribution < 1.29 is 4.74 Å². The van der Waals surface area contributed by atoms with Gasteiger partial charge in [-0.1, -0.05) is 24.3 Å². The van der Waals surface area contributed by atoms with E-state index in [9.17, 15) is 0 Å². The molecular weight excluding hydrogens is 426 g/mol. The van der Waals surface area contributed by atoms with Crippen molar-refractivity contribution in [3.05, 3.63) is 60.3 Å². The fourth-order valence-electron chi connectivity index (χ4n) is 6.28. The summed E-state index contributed by atoms with van der Waals surface area (Å²) in [7, 11) is 1.75. The lowest BCUT2D eigenvalue weighted by Crippen LogP contribution is -2.51. The van der Waals surface area contributed by atoms with E-state index in [1.807, 2.05) is 12.3 Å². The van der Waals surface area contributed by atoms with Crippen LogP contribution in [0.1, 0.15) is 37.2 Å². The summed E-state index contributed by atoms with van der Waals surface area (Å²) in [6, 6.07) is 18.2. The molecule has 6 rings (SSSR count). The van der Waals surface area contributed by atoms with Crippen LogP contribution in [0.2, 0.25) is 0 Å². The van der Waals surface area contributed by atoms with Gasteiger partial charge >= 0.3 is 0 Å². The monoisotopic (exact) mass is 459 g/mol. The van der Waals surface area contributed by atoms with Gasteiger partial charge in [-0.25, -0.2) is 0 Å². The Labute approximate surface area is 201 Å². The van der Waals surface area contributed by atoms with Crippen molar-refractivity contribution >= 4 is 28.4 Å². The summed E-state index contributed by atoms with van der Waals surface area (Å²) in [6.45, 7) is 4.41. The molecule has 0 radical (unpaired) electrons. The number of ether oxygens (including phenoxy) is 1. The second kappa shape index (κ2) is 9.19. The zero-order chi connectivity index (χ0) is 22.2. The molecule has 1 saturated carbocycles. The smallest absolute Gasteiger partial charge is 0.121 e. The Hall–Kier alpha value is -2.24. The molecule has 1 saturated heterocycles. The first kappa shape index (κ1) is 21.3.